The van der Waals surface area contributed by atoms with Gasteiger partial charge in [0.2, 0.25) is 0 Å². The van der Waals surface area contributed by atoms with Gasteiger partial charge in [-0.25, -0.2) is 4.98 Å². The van der Waals surface area contributed by atoms with Crippen LogP contribution in [0.1, 0.15) is 30.4 Å². The molecule has 6 heteroatoms. The summed E-state index contributed by atoms with van der Waals surface area (Å²) in [5, 5.41) is 1.42. The Morgan fingerprint density at radius 1 is 0.912 bits per heavy atom. The third kappa shape index (κ3) is 5.26. The number of hydrogen-bond acceptors (Lipinski definition) is 4. The largest absolute Gasteiger partial charge is 0.497 e. The Morgan fingerprint density at radius 3 is 2.32 bits per heavy atom. The molecule has 1 aromatic heterocycles. The number of methoxy groups -OCH3 is 1. The molecule has 0 unspecified atom stereocenters. The second-order valence-corrected chi connectivity index (χ2v) is 8.80. The van der Waals surface area contributed by atoms with Crippen molar-refractivity contribution in [2.24, 2.45) is 0 Å². The van der Waals surface area contributed by atoms with Crippen molar-refractivity contribution in [1.82, 2.24) is 9.55 Å². The van der Waals surface area contributed by atoms with Crippen LogP contribution < -0.4 is 15.0 Å². The van der Waals surface area contributed by atoms with Gasteiger partial charge < -0.3 is 9.47 Å². The summed E-state index contributed by atoms with van der Waals surface area (Å²) in [4.78, 5) is 18.1. The highest BCUT2D eigenvalue weighted by molar-refractivity contribution is 6.32. The molecule has 176 valence electrons. The van der Waals surface area contributed by atoms with Gasteiger partial charge in [0.05, 0.1) is 24.6 Å². The molecule has 0 spiro atoms. The molecule has 0 N–H and O–H groups in total. The molecule has 0 saturated heterocycles. The minimum absolute atomic E-state index is 0.0141. The fourth-order valence-corrected chi connectivity index (χ4v) is 4.17. The maximum atomic E-state index is 13.3. The zero-order chi connectivity index (χ0) is 24.1. The van der Waals surface area contributed by atoms with Gasteiger partial charge in [0.1, 0.15) is 17.3 Å². The molecular weight excluding hydrogens is 448 g/mol. The molecule has 0 saturated carbocycles. The van der Waals surface area contributed by atoms with Crippen LogP contribution in [0.15, 0.2) is 65.5 Å². The van der Waals surface area contributed by atoms with E-state index in [1.54, 1.807) is 11.7 Å². The van der Waals surface area contributed by atoms with E-state index in [-0.39, 0.29) is 5.56 Å². The number of nitrogens with zero attached hydrogens (tertiary/aromatic N) is 2. The molecule has 0 atom stereocenters. The second kappa shape index (κ2) is 10.7. The van der Waals surface area contributed by atoms with Gasteiger partial charge >= 0.3 is 0 Å². The molecule has 4 aromatic rings. The number of ether oxygens (including phenoxy) is 2. The highest BCUT2D eigenvalue weighted by atomic mass is 35.5. The van der Waals surface area contributed by atoms with E-state index in [0.717, 1.165) is 52.5 Å². The number of rotatable bonds is 9. The van der Waals surface area contributed by atoms with E-state index < -0.39 is 0 Å². The molecule has 0 aliphatic rings. The van der Waals surface area contributed by atoms with Gasteiger partial charge in [-0.15, -0.1) is 0 Å². The third-order valence-corrected chi connectivity index (χ3v) is 6.51. The molecule has 0 bridgehead atoms. The maximum Gasteiger partial charge on any atom is 0.261 e. The Kier molecular flexibility index (Phi) is 7.53. The molecule has 3 aromatic carbocycles. The second-order valence-electron chi connectivity index (χ2n) is 8.42. The number of fused-ring (bicyclic) bond motifs is 1. The highest BCUT2D eigenvalue weighted by Crippen LogP contribution is 2.26. The minimum Gasteiger partial charge on any atom is -0.497 e. The summed E-state index contributed by atoms with van der Waals surface area (Å²) in [7, 11) is 1.64. The molecule has 0 fully saturated rings. The molecule has 0 aliphatic carbocycles. The Hall–Kier alpha value is -3.31. The van der Waals surface area contributed by atoms with E-state index in [1.807, 2.05) is 74.5 Å². The van der Waals surface area contributed by atoms with Crippen molar-refractivity contribution in [3.63, 3.8) is 0 Å². The summed E-state index contributed by atoms with van der Waals surface area (Å²) in [6, 6.07) is 19.1. The molecular formula is C28H29ClN2O3. The summed E-state index contributed by atoms with van der Waals surface area (Å²) >= 11 is 6.24. The predicted octanol–water partition coefficient (Wildman–Crippen LogP) is 6.59. The van der Waals surface area contributed by atoms with Crippen LogP contribution in [0.4, 0.5) is 0 Å². The van der Waals surface area contributed by atoms with Crippen LogP contribution in [0, 0.1) is 13.8 Å². The fourth-order valence-electron chi connectivity index (χ4n) is 4.06. The van der Waals surface area contributed by atoms with Crippen molar-refractivity contribution in [2.45, 2.75) is 39.7 Å². The first kappa shape index (κ1) is 23.8. The SMILES string of the molecule is COc1ccc(-c2nc3ccccc3c(=O)n2CCCCCOc2cc(C)c(Cl)c(C)c2)cc1. The van der Waals surface area contributed by atoms with E-state index in [4.69, 9.17) is 26.1 Å². The van der Waals surface area contributed by atoms with E-state index in [9.17, 15) is 4.79 Å². The quantitative estimate of drug-likeness (QED) is 0.256. The standard InChI is InChI=1S/C28H29ClN2O3/c1-19-17-23(18-20(2)26(19)29)34-16-8-4-7-15-31-27(21-11-13-22(33-3)14-12-21)30-25-10-6-5-9-24(25)28(31)32/h5-6,9-14,17-18H,4,7-8,15-16H2,1-3H3. The van der Waals surface area contributed by atoms with Gasteiger partial charge in [0.15, 0.2) is 0 Å². The van der Waals surface area contributed by atoms with E-state index in [1.165, 1.54) is 0 Å². The summed E-state index contributed by atoms with van der Waals surface area (Å²) in [6.45, 7) is 5.18. The number of benzene rings is 3. The van der Waals surface area contributed by atoms with Gasteiger partial charge in [0, 0.05) is 17.1 Å². The van der Waals surface area contributed by atoms with Gasteiger partial charge in [-0.3, -0.25) is 9.36 Å². The Morgan fingerprint density at radius 2 is 1.62 bits per heavy atom. The van der Waals surface area contributed by atoms with Crippen LogP contribution in [0.2, 0.25) is 5.02 Å². The average molecular weight is 477 g/mol. The van der Waals surface area contributed by atoms with E-state index in [2.05, 4.69) is 0 Å². The van der Waals surface area contributed by atoms with Crippen LogP contribution in [0.5, 0.6) is 11.5 Å². The van der Waals surface area contributed by atoms with Crippen LogP contribution in [0.25, 0.3) is 22.3 Å². The number of unbranched alkanes of at least 4 members (excludes halogenated alkanes) is 2. The lowest BCUT2D eigenvalue weighted by Crippen LogP contribution is -2.23. The van der Waals surface area contributed by atoms with Crippen molar-refractivity contribution < 1.29 is 9.47 Å². The van der Waals surface area contributed by atoms with Crippen LogP contribution >= 0.6 is 11.6 Å². The molecule has 0 amide bonds. The fraction of sp³-hybridized carbons (Fsp3) is 0.286. The normalized spacial score (nSPS) is 11.1. The summed E-state index contributed by atoms with van der Waals surface area (Å²) < 4.78 is 13.0. The van der Waals surface area contributed by atoms with Crippen molar-refractivity contribution in [2.75, 3.05) is 13.7 Å². The number of aryl methyl sites for hydroxylation is 2. The Bertz CT molecular complexity index is 1320. The number of hydrogen-bond donors (Lipinski definition) is 0. The number of para-hydroxylation sites is 1. The average Bonchev–Trinajstić information content (AvgIpc) is 2.85. The summed E-state index contributed by atoms with van der Waals surface area (Å²) in [6.07, 6.45) is 2.69. The van der Waals surface area contributed by atoms with E-state index in [0.29, 0.717) is 29.9 Å². The first-order chi connectivity index (χ1) is 16.5. The maximum absolute atomic E-state index is 13.3. The van der Waals surface area contributed by atoms with Crippen LogP contribution in [-0.2, 0) is 6.54 Å². The first-order valence-electron chi connectivity index (χ1n) is 11.5. The zero-order valence-corrected chi connectivity index (χ0v) is 20.6. The lowest BCUT2D eigenvalue weighted by molar-refractivity contribution is 0.303. The minimum atomic E-state index is -0.0141. The van der Waals surface area contributed by atoms with E-state index >= 15 is 0 Å². The van der Waals surface area contributed by atoms with Crippen molar-refractivity contribution in [3.8, 4) is 22.9 Å². The summed E-state index contributed by atoms with van der Waals surface area (Å²) in [5.74, 6) is 2.29. The highest BCUT2D eigenvalue weighted by Gasteiger charge is 2.13. The molecule has 4 rings (SSSR count). The van der Waals surface area contributed by atoms with Crippen LogP contribution in [0.3, 0.4) is 0 Å². The molecule has 0 radical (unpaired) electrons. The van der Waals surface area contributed by atoms with Crippen LogP contribution in [-0.4, -0.2) is 23.3 Å². The topological polar surface area (TPSA) is 53.3 Å². The van der Waals surface area contributed by atoms with Gasteiger partial charge in [-0.2, -0.15) is 0 Å². The van der Waals surface area contributed by atoms with Gasteiger partial charge in [-0.05, 0) is 92.8 Å². The third-order valence-electron chi connectivity index (χ3n) is 5.91. The molecule has 34 heavy (non-hydrogen) atoms. The van der Waals surface area contributed by atoms with Gasteiger partial charge in [-0.1, -0.05) is 23.7 Å². The summed E-state index contributed by atoms with van der Waals surface area (Å²) in [5.41, 5.74) is 3.62. The molecule has 5 nitrogen and oxygen atoms in total. The predicted molar refractivity (Wildman–Crippen MR) is 138 cm³/mol. The van der Waals surface area contributed by atoms with Crippen molar-refractivity contribution in [1.29, 1.82) is 0 Å². The number of aromatic nitrogens is 2. The Labute approximate surface area is 204 Å². The van der Waals surface area contributed by atoms with Crippen molar-refractivity contribution >= 4 is 22.5 Å². The van der Waals surface area contributed by atoms with Crippen molar-refractivity contribution in [3.05, 3.63) is 87.2 Å². The Balaban J connectivity index is 1.45. The monoisotopic (exact) mass is 476 g/mol. The lowest BCUT2D eigenvalue weighted by Gasteiger charge is -2.14. The number of halogens is 1. The zero-order valence-electron chi connectivity index (χ0n) is 19.8. The first-order valence-corrected chi connectivity index (χ1v) is 11.9. The smallest absolute Gasteiger partial charge is 0.261 e. The molecule has 0 aliphatic heterocycles. The van der Waals surface area contributed by atoms with Gasteiger partial charge in [0.25, 0.3) is 5.56 Å². The molecule has 1 heterocycles. The lowest BCUT2D eigenvalue weighted by atomic mass is 10.1.